The molecule has 0 saturated heterocycles. The summed E-state index contributed by atoms with van der Waals surface area (Å²) in [6, 6.07) is 0. The van der Waals surface area contributed by atoms with Crippen molar-refractivity contribution in [2.24, 2.45) is 11.8 Å². The molecule has 1 fully saturated rings. The van der Waals surface area contributed by atoms with E-state index in [4.69, 9.17) is 0 Å². The predicted molar refractivity (Wildman–Crippen MR) is 84.2 cm³/mol. The molecule has 0 aromatic heterocycles. The predicted octanol–water partition coefficient (Wildman–Crippen LogP) is 4.94. The van der Waals surface area contributed by atoms with E-state index in [0.29, 0.717) is 5.54 Å². The van der Waals surface area contributed by atoms with Gasteiger partial charge in [0, 0.05) is 0 Å². The van der Waals surface area contributed by atoms with Crippen LogP contribution in [0, 0.1) is 11.8 Å². The van der Waals surface area contributed by atoms with E-state index >= 15 is 0 Å². The highest BCUT2D eigenvalue weighted by Gasteiger charge is 2.49. The molecular weight excluding hydrogens is 252 g/mol. The molecule has 0 amide bonds. The van der Waals surface area contributed by atoms with Gasteiger partial charge in [-0.25, -0.2) is 0 Å². The molecule has 110 valence electrons. The first kappa shape index (κ1) is 16.5. The van der Waals surface area contributed by atoms with Crippen LogP contribution in [0.25, 0.3) is 0 Å². The summed E-state index contributed by atoms with van der Waals surface area (Å²) in [5.41, 5.74) is 1.75. The van der Waals surface area contributed by atoms with Crippen LogP contribution in [0.5, 0.6) is 0 Å². The van der Waals surface area contributed by atoms with Crippen molar-refractivity contribution in [1.82, 2.24) is 0 Å². The van der Waals surface area contributed by atoms with Crippen molar-refractivity contribution >= 4 is 14.0 Å². The zero-order valence-electron chi connectivity index (χ0n) is 13.4. The monoisotopic (exact) mass is 282 g/mol. The lowest BCUT2D eigenvalue weighted by atomic mass is 9.78. The molecule has 1 N–H and O–H groups in total. The third kappa shape index (κ3) is 3.13. The van der Waals surface area contributed by atoms with Crippen LogP contribution in [0.15, 0.2) is 12.2 Å². The van der Waals surface area contributed by atoms with Crippen LogP contribution >= 0.6 is 0 Å². The first-order valence-electron chi connectivity index (χ1n) is 7.40. The van der Waals surface area contributed by atoms with Gasteiger partial charge < -0.3 is 5.11 Å². The van der Waals surface area contributed by atoms with Crippen molar-refractivity contribution in [3.05, 3.63) is 12.2 Å². The number of carboxylic acids is 1. The van der Waals surface area contributed by atoms with Gasteiger partial charge in [0.15, 0.2) is 0 Å². The minimum absolute atomic E-state index is 0.254. The molecular formula is C16H30O2Si. The molecule has 0 aliphatic heterocycles. The Morgan fingerprint density at radius 1 is 1.42 bits per heavy atom. The van der Waals surface area contributed by atoms with Gasteiger partial charge in [0.2, 0.25) is 0 Å². The summed E-state index contributed by atoms with van der Waals surface area (Å²) in [5.74, 6) is -0.626. The number of aliphatic carboxylic acids is 1. The Kier molecular flexibility index (Phi) is 4.71. The second-order valence-corrected chi connectivity index (χ2v) is 13.4. The molecule has 0 aromatic rings. The second kappa shape index (κ2) is 5.43. The first-order chi connectivity index (χ1) is 8.50. The maximum Gasteiger partial charge on any atom is 0.306 e. The molecule has 19 heavy (non-hydrogen) atoms. The van der Waals surface area contributed by atoms with Crippen molar-refractivity contribution in [2.75, 3.05) is 0 Å². The van der Waals surface area contributed by atoms with Crippen LogP contribution < -0.4 is 0 Å². The van der Waals surface area contributed by atoms with Gasteiger partial charge in [0.05, 0.1) is 14.0 Å². The Morgan fingerprint density at radius 2 is 1.95 bits per heavy atom. The molecule has 1 aliphatic carbocycles. The normalized spacial score (nSPS) is 27.2. The molecule has 0 spiro atoms. The van der Waals surface area contributed by atoms with Crippen molar-refractivity contribution in [1.29, 1.82) is 0 Å². The number of carboxylic acid groups (broad SMARTS) is 1. The SMILES string of the molecule is C=C1CCCC(C(C)C(=O)O)C1[Si](C)(C)C(C)(C)C. The standard InChI is InChI=1S/C16H30O2Si/c1-11-9-8-10-13(12(2)15(17)18)14(11)19(6,7)16(3,4)5/h12-14H,1,8-10H2,2-7H3,(H,17,18). The summed E-state index contributed by atoms with van der Waals surface area (Å²) < 4.78 is 0. The molecule has 3 atom stereocenters. The van der Waals surface area contributed by atoms with Crippen molar-refractivity contribution in [2.45, 2.75) is 70.6 Å². The number of allylic oxidation sites excluding steroid dienone is 1. The van der Waals surface area contributed by atoms with Gasteiger partial charge in [0.1, 0.15) is 0 Å². The van der Waals surface area contributed by atoms with Gasteiger partial charge in [-0.2, -0.15) is 0 Å². The Labute approximate surface area is 119 Å². The maximum atomic E-state index is 11.4. The van der Waals surface area contributed by atoms with E-state index in [-0.39, 0.29) is 16.9 Å². The number of rotatable bonds is 3. The highest BCUT2D eigenvalue weighted by molar-refractivity contribution is 6.82. The molecule has 3 heteroatoms. The lowest BCUT2D eigenvalue weighted by Gasteiger charge is -2.50. The minimum atomic E-state index is -1.60. The van der Waals surface area contributed by atoms with E-state index in [2.05, 4.69) is 40.4 Å². The van der Waals surface area contributed by atoms with Crippen LogP contribution in [-0.4, -0.2) is 19.1 Å². The quantitative estimate of drug-likeness (QED) is 0.588. The topological polar surface area (TPSA) is 37.3 Å². The number of hydrogen-bond donors (Lipinski definition) is 1. The minimum Gasteiger partial charge on any atom is -0.481 e. The van der Waals surface area contributed by atoms with Gasteiger partial charge in [-0.05, 0) is 35.8 Å². The van der Waals surface area contributed by atoms with E-state index in [1.54, 1.807) is 0 Å². The van der Waals surface area contributed by atoms with Gasteiger partial charge in [0.25, 0.3) is 0 Å². The van der Waals surface area contributed by atoms with Gasteiger partial charge in [-0.1, -0.05) is 52.9 Å². The Bertz CT molecular complexity index is 365. The summed E-state index contributed by atoms with van der Waals surface area (Å²) in [6.45, 7) is 17.9. The van der Waals surface area contributed by atoms with Crippen molar-refractivity contribution < 1.29 is 9.90 Å². The smallest absolute Gasteiger partial charge is 0.306 e. The summed E-state index contributed by atoms with van der Waals surface area (Å²) >= 11 is 0. The van der Waals surface area contributed by atoms with Gasteiger partial charge >= 0.3 is 5.97 Å². The maximum absolute atomic E-state index is 11.4. The molecule has 0 radical (unpaired) electrons. The molecule has 1 saturated carbocycles. The van der Waals surface area contributed by atoms with Gasteiger partial charge in [-0.15, -0.1) is 0 Å². The molecule has 0 heterocycles. The molecule has 1 rings (SSSR count). The molecule has 3 unspecified atom stereocenters. The van der Waals surface area contributed by atoms with Crippen molar-refractivity contribution in [3.8, 4) is 0 Å². The fourth-order valence-electron chi connectivity index (χ4n) is 3.42. The summed E-state index contributed by atoms with van der Waals surface area (Å²) in [7, 11) is -1.60. The van der Waals surface area contributed by atoms with E-state index < -0.39 is 14.0 Å². The van der Waals surface area contributed by atoms with Crippen LogP contribution in [0.2, 0.25) is 23.7 Å². The third-order valence-electron chi connectivity index (χ3n) is 5.65. The molecule has 0 aromatic carbocycles. The Morgan fingerprint density at radius 3 is 2.37 bits per heavy atom. The fourth-order valence-corrected chi connectivity index (χ4v) is 7.05. The van der Waals surface area contributed by atoms with Gasteiger partial charge in [-0.3, -0.25) is 4.79 Å². The molecule has 0 bridgehead atoms. The summed E-state index contributed by atoms with van der Waals surface area (Å²) in [5, 5.41) is 9.66. The number of carbonyl (C=O) groups is 1. The van der Waals surface area contributed by atoms with E-state index in [0.717, 1.165) is 19.3 Å². The van der Waals surface area contributed by atoms with E-state index in [1.807, 2.05) is 6.92 Å². The lowest BCUT2D eigenvalue weighted by Crippen LogP contribution is -2.48. The van der Waals surface area contributed by atoms with Crippen LogP contribution in [0.3, 0.4) is 0 Å². The van der Waals surface area contributed by atoms with E-state index in [1.165, 1.54) is 5.57 Å². The molecule has 1 aliphatic rings. The molecule has 2 nitrogen and oxygen atoms in total. The van der Waals surface area contributed by atoms with E-state index in [9.17, 15) is 9.90 Å². The number of hydrogen-bond acceptors (Lipinski definition) is 1. The van der Waals surface area contributed by atoms with Crippen LogP contribution in [0.4, 0.5) is 0 Å². The van der Waals surface area contributed by atoms with Crippen LogP contribution in [0.1, 0.15) is 47.0 Å². The average molecular weight is 282 g/mol. The Hall–Kier alpha value is -0.573. The Balaban J connectivity index is 3.16. The first-order valence-corrected chi connectivity index (χ1v) is 10.5. The van der Waals surface area contributed by atoms with Crippen molar-refractivity contribution in [3.63, 3.8) is 0 Å². The fraction of sp³-hybridized carbons (Fsp3) is 0.812. The highest BCUT2D eigenvalue weighted by atomic mass is 28.3. The summed E-state index contributed by atoms with van der Waals surface area (Å²) in [6.07, 6.45) is 3.23. The summed E-state index contributed by atoms with van der Waals surface area (Å²) in [4.78, 5) is 11.4. The second-order valence-electron chi connectivity index (χ2n) is 7.79. The average Bonchev–Trinajstić information content (AvgIpc) is 2.25. The highest BCUT2D eigenvalue weighted by Crippen LogP contribution is 2.55. The zero-order valence-corrected chi connectivity index (χ0v) is 14.4. The third-order valence-corrected chi connectivity index (χ3v) is 11.9. The van der Waals surface area contributed by atoms with Crippen LogP contribution in [-0.2, 0) is 4.79 Å². The zero-order chi connectivity index (χ0) is 15.0. The largest absolute Gasteiger partial charge is 0.481 e. The lowest BCUT2D eigenvalue weighted by molar-refractivity contribution is -0.143.